The Morgan fingerprint density at radius 2 is 0.735 bits per heavy atom. The van der Waals surface area contributed by atoms with Crippen molar-refractivity contribution in [2.24, 2.45) is 0 Å². The Balaban J connectivity index is 1.08. The Bertz CT molecular complexity index is 2500. The Kier molecular flexibility index (Phi) is 7.10. The molecule has 0 radical (unpaired) electrons. The Morgan fingerprint density at radius 1 is 0.306 bits per heavy atom. The Hall–Kier alpha value is -6.65. The summed E-state index contributed by atoms with van der Waals surface area (Å²) >= 11 is 0. The lowest BCUT2D eigenvalue weighted by Crippen LogP contribution is -2.00. The summed E-state index contributed by atoms with van der Waals surface area (Å²) in [5.74, 6) is 1.97. The maximum absolute atomic E-state index is 4.89. The smallest absolute Gasteiger partial charge is 0.164 e. The second-order valence-corrected chi connectivity index (χ2v) is 12.1. The van der Waals surface area contributed by atoms with E-state index in [1.54, 1.807) is 0 Å². The highest BCUT2D eigenvalue weighted by Gasteiger charge is 2.16. The van der Waals surface area contributed by atoms with Gasteiger partial charge in [0.1, 0.15) is 0 Å². The highest BCUT2D eigenvalue weighted by molar-refractivity contribution is 6.13. The van der Waals surface area contributed by atoms with Crippen molar-refractivity contribution in [2.75, 3.05) is 0 Å². The number of rotatable bonds is 6. The zero-order valence-electron chi connectivity index (χ0n) is 26.6. The molecule has 0 amide bonds. The summed E-state index contributed by atoms with van der Waals surface area (Å²) in [6.45, 7) is 0. The number of hydrogen-bond acceptors (Lipinski definition) is 3. The van der Waals surface area contributed by atoms with Crippen molar-refractivity contribution in [3.63, 3.8) is 0 Å². The van der Waals surface area contributed by atoms with Gasteiger partial charge >= 0.3 is 0 Å². The van der Waals surface area contributed by atoms with Crippen LogP contribution in [0.1, 0.15) is 0 Å². The molecule has 4 nitrogen and oxygen atoms in total. The van der Waals surface area contributed by atoms with Crippen LogP contribution in [0.3, 0.4) is 0 Å². The first-order valence-electron chi connectivity index (χ1n) is 16.5. The highest BCUT2D eigenvalue weighted by Crippen LogP contribution is 2.38. The summed E-state index contributed by atoms with van der Waals surface area (Å²) in [6.07, 6.45) is 0. The van der Waals surface area contributed by atoms with Crippen LogP contribution in [0.4, 0.5) is 0 Å². The molecule has 0 spiro atoms. The van der Waals surface area contributed by atoms with Gasteiger partial charge in [0.15, 0.2) is 17.5 Å². The standard InChI is InChI=1S/C45H30N4/c1-4-13-34(14-5-1)43-46-44(35-15-6-2-7-16-35)48-45(47-43)36-29-25-32(26-30-36)31-23-27-33(28-24-31)38-20-12-21-40-39-19-10-11-22-41(39)49(42(38)40)37-17-8-3-9-18-37/h1-30H. The second kappa shape index (κ2) is 12.2. The first-order chi connectivity index (χ1) is 24.3. The van der Waals surface area contributed by atoms with Crippen molar-refractivity contribution in [2.45, 2.75) is 0 Å². The normalized spacial score (nSPS) is 11.3. The molecule has 0 saturated carbocycles. The molecule has 49 heavy (non-hydrogen) atoms. The minimum absolute atomic E-state index is 0.650. The molecule has 2 heterocycles. The molecule has 2 aromatic heterocycles. The molecule has 0 aliphatic heterocycles. The van der Waals surface area contributed by atoms with Crippen LogP contribution in [0.5, 0.6) is 0 Å². The summed E-state index contributed by atoms with van der Waals surface area (Å²) in [7, 11) is 0. The molecule has 230 valence electrons. The van der Waals surface area contributed by atoms with Gasteiger partial charge in [-0.25, -0.2) is 15.0 Å². The molecule has 0 atom stereocenters. The largest absolute Gasteiger partial charge is 0.309 e. The maximum Gasteiger partial charge on any atom is 0.164 e. The van der Waals surface area contributed by atoms with Crippen LogP contribution in [-0.2, 0) is 0 Å². The molecular formula is C45H30N4. The third-order valence-corrected chi connectivity index (χ3v) is 9.08. The first-order valence-corrected chi connectivity index (χ1v) is 16.5. The molecule has 0 aliphatic rings. The van der Waals surface area contributed by atoms with Gasteiger partial charge in [0.05, 0.1) is 11.0 Å². The third kappa shape index (κ3) is 5.26. The van der Waals surface area contributed by atoms with Gasteiger partial charge in [-0.05, 0) is 34.9 Å². The van der Waals surface area contributed by atoms with E-state index in [1.165, 1.54) is 32.9 Å². The lowest BCUT2D eigenvalue weighted by atomic mass is 9.98. The summed E-state index contributed by atoms with van der Waals surface area (Å²) in [5, 5.41) is 2.51. The van der Waals surface area contributed by atoms with Crippen LogP contribution in [0, 0.1) is 0 Å². The average molecular weight is 627 g/mol. The fraction of sp³-hybridized carbons (Fsp3) is 0. The molecule has 0 aliphatic carbocycles. The molecule has 9 aromatic rings. The number of para-hydroxylation sites is 3. The van der Waals surface area contributed by atoms with Gasteiger partial charge in [0, 0.05) is 38.7 Å². The van der Waals surface area contributed by atoms with Crippen LogP contribution in [0.15, 0.2) is 182 Å². The molecule has 7 aromatic carbocycles. The number of benzene rings is 7. The van der Waals surface area contributed by atoms with Crippen LogP contribution in [0.25, 0.3) is 83.9 Å². The molecule has 4 heteroatoms. The zero-order chi connectivity index (χ0) is 32.6. The van der Waals surface area contributed by atoms with Crippen LogP contribution in [-0.4, -0.2) is 19.5 Å². The second-order valence-electron chi connectivity index (χ2n) is 12.1. The molecule has 0 N–H and O–H groups in total. The van der Waals surface area contributed by atoms with Crippen molar-refractivity contribution in [3.8, 4) is 62.1 Å². The van der Waals surface area contributed by atoms with E-state index in [2.05, 4.69) is 126 Å². The van der Waals surface area contributed by atoms with Crippen molar-refractivity contribution in [1.82, 2.24) is 19.5 Å². The number of fused-ring (bicyclic) bond motifs is 3. The molecule has 0 unspecified atom stereocenters. The summed E-state index contributed by atoms with van der Waals surface area (Å²) in [6, 6.07) is 63.4. The molecule has 9 rings (SSSR count). The molecular weight excluding hydrogens is 597 g/mol. The lowest BCUT2D eigenvalue weighted by molar-refractivity contribution is 1.07. The van der Waals surface area contributed by atoms with E-state index in [-0.39, 0.29) is 0 Å². The molecule has 0 bridgehead atoms. The summed E-state index contributed by atoms with van der Waals surface area (Å²) < 4.78 is 2.39. The summed E-state index contributed by atoms with van der Waals surface area (Å²) in [4.78, 5) is 14.6. The SMILES string of the molecule is c1ccc(-c2nc(-c3ccccc3)nc(-c3ccc(-c4ccc(-c5cccc6c7ccccc7n(-c7ccccc7)c56)cc4)cc3)n2)cc1. The third-order valence-electron chi connectivity index (χ3n) is 9.08. The predicted octanol–water partition coefficient (Wildman–Crippen LogP) is 11.3. The molecule has 0 fully saturated rings. The van der Waals surface area contributed by atoms with Gasteiger partial charge in [0.25, 0.3) is 0 Å². The van der Waals surface area contributed by atoms with Crippen molar-refractivity contribution in [1.29, 1.82) is 0 Å². The quantitative estimate of drug-likeness (QED) is 0.184. The minimum atomic E-state index is 0.650. The van der Waals surface area contributed by atoms with Crippen LogP contribution in [0.2, 0.25) is 0 Å². The van der Waals surface area contributed by atoms with Gasteiger partial charge < -0.3 is 4.57 Å². The van der Waals surface area contributed by atoms with Crippen molar-refractivity contribution >= 4 is 21.8 Å². The number of aromatic nitrogens is 4. The van der Waals surface area contributed by atoms with E-state index in [0.717, 1.165) is 33.5 Å². The van der Waals surface area contributed by atoms with E-state index in [4.69, 9.17) is 15.0 Å². The average Bonchev–Trinajstić information content (AvgIpc) is 3.54. The van der Waals surface area contributed by atoms with Gasteiger partial charge in [-0.2, -0.15) is 0 Å². The lowest BCUT2D eigenvalue weighted by Gasteiger charge is -2.12. The van der Waals surface area contributed by atoms with Crippen molar-refractivity contribution < 1.29 is 0 Å². The zero-order valence-corrected chi connectivity index (χ0v) is 26.6. The number of hydrogen-bond donors (Lipinski definition) is 0. The van der Waals surface area contributed by atoms with E-state index >= 15 is 0 Å². The minimum Gasteiger partial charge on any atom is -0.309 e. The van der Waals surface area contributed by atoms with Gasteiger partial charge in [-0.3, -0.25) is 0 Å². The highest BCUT2D eigenvalue weighted by atomic mass is 15.0. The van der Waals surface area contributed by atoms with Gasteiger partial charge in [-0.15, -0.1) is 0 Å². The van der Waals surface area contributed by atoms with Gasteiger partial charge in [0.2, 0.25) is 0 Å². The topological polar surface area (TPSA) is 43.6 Å². The fourth-order valence-electron chi connectivity index (χ4n) is 6.69. The maximum atomic E-state index is 4.89. The molecule has 0 saturated heterocycles. The monoisotopic (exact) mass is 626 g/mol. The Labute approximate surface area is 284 Å². The predicted molar refractivity (Wildman–Crippen MR) is 201 cm³/mol. The van der Waals surface area contributed by atoms with E-state index in [0.29, 0.717) is 17.5 Å². The van der Waals surface area contributed by atoms with E-state index in [9.17, 15) is 0 Å². The van der Waals surface area contributed by atoms with Crippen LogP contribution >= 0.6 is 0 Å². The van der Waals surface area contributed by atoms with Crippen molar-refractivity contribution in [3.05, 3.63) is 182 Å². The van der Waals surface area contributed by atoms with E-state index < -0.39 is 0 Å². The number of nitrogens with zero attached hydrogens (tertiary/aromatic N) is 4. The summed E-state index contributed by atoms with van der Waals surface area (Å²) in [5.41, 5.74) is 11.1. The fourth-order valence-corrected chi connectivity index (χ4v) is 6.69. The van der Waals surface area contributed by atoms with E-state index in [1.807, 2.05) is 60.7 Å². The Morgan fingerprint density at radius 3 is 1.31 bits per heavy atom. The van der Waals surface area contributed by atoms with Crippen LogP contribution < -0.4 is 0 Å². The first kappa shape index (κ1) is 28.6. The van der Waals surface area contributed by atoms with Gasteiger partial charge in [-0.1, -0.05) is 164 Å².